The van der Waals surface area contributed by atoms with Gasteiger partial charge in [-0.25, -0.2) is 4.57 Å². The highest BCUT2D eigenvalue weighted by atomic mass is 31.2. The summed E-state index contributed by atoms with van der Waals surface area (Å²) in [6, 6.07) is 7.49. The summed E-state index contributed by atoms with van der Waals surface area (Å²) in [7, 11) is -3.53. The lowest BCUT2D eigenvalue weighted by Gasteiger charge is -2.26. The van der Waals surface area contributed by atoms with E-state index in [-0.39, 0.29) is 5.66 Å². The fourth-order valence-electron chi connectivity index (χ4n) is 2.51. The average Bonchev–Trinajstić information content (AvgIpc) is 2.40. The minimum absolute atomic E-state index is 0.184. The quantitative estimate of drug-likeness (QED) is 0.834. The van der Waals surface area contributed by atoms with Crippen LogP contribution >= 0.6 is 7.60 Å². The van der Waals surface area contributed by atoms with Crippen LogP contribution in [0.25, 0.3) is 0 Å². The Balaban J connectivity index is 2.13. The van der Waals surface area contributed by atoms with Crippen LogP contribution in [0.15, 0.2) is 24.3 Å². The number of benzene rings is 1. The maximum absolute atomic E-state index is 12.3. The molecule has 1 aromatic rings. The summed E-state index contributed by atoms with van der Waals surface area (Å²) in [6.45, 7) is 2.02. The van der Waals surface area contributed by atoms with Crippen molar-refractivity contribution in [3.05, 3.63) is 29.8 Å². The molecule has 1 saturated carbocycles. The van der Waals surface area contributed by atoms with Gasteiger partial charge in [-0.2, -0.15) is 0 Å². The van der Waals surface area contributed by atoms with Crippen LogP contribution in [0.3, 0.4) is 0 Å². The molecule has 0 spiro atoms. The Kier molecular flexibility index (Phi) is 4.47. The van der Waals surface area contributed by atoms with Crippen molar-refractivity contribution in [3.8, 4) is 5.75 Å². The monoisotopic (exact) mass is 268 g/mol. The number of para-hydroxylation sites is 1. The fourth-order valence-corrected chi connectivity index (χ4v) is 4.13. The molecule has 1 aliphatic rings. The Hall–Kier alpha value is -0.790. The molecule has 3 nitrogen and oxygen atoms in total. The normalized spacial score (nSPS) is 20.3. The van der Waals surface area contributed by atoms with Gasteiger partial charge in [0.05, 0.1) is 5.66 Å². The van der Waals surface area contributed by atoms with E-state index in [9.17, 15) is 9.46 Å². The average molecular weight is 268 g/mol. The largest absolute Gasteiger partial charge is 0.424 e. The van der Waals surface area contributed by atoms with Crippen molar-refractivity contribution < 1.29 is 14.0 Å². The number of aryl methyl sites for hydroxylation is 1. The van der Waals surface area contributed by atoms with Crippen molar-refractivity contribution in [2.45, 2.75) is 51.1 Å². The minimum atomic E-state index is -3.53. The van der Waals surface area contributed by atoms with Crippen LogP contribution in [0.2, 0.25) is 0 Å². The van der Waals surface area contributed by atoms with Gasteiger partial charge in [0.1, 0.15) is 5.75 Å². The Morgan fingerprint density at radius 2 is 1.94 bits per heavy atom. The first-order valence-corrected chi connectivity index (χ1v) is 8.38. The van der Waals surface area contributed by atoms with Crippen LogP contribution < -0.4 is 4.52 Å². The van der Waals surface area contributed by atoms with E-state index in [2.05, 4.69) is 0 Å². The van der Waals surface area contributed by atoms with E-state index < -0.39 is 7.60 Å². The molecule has 1 unspecified atom stereocenters. The summed E-state index contributed by atoms with van der Waals surface area (Å²) in [6.07, 6.45) is 5.66. The Bertz CT molecular complexity index is 438. The summed E-state index contributed by atoms with van der Waals surface area (Å²) in [5.74, 6) is 0.566. The highest BCUT2D eigenvalue weighted by Crippen LogP contribution is 2.53. The van der Waals surface area contributed by atoms with Gasteiger partial charge in [0.2, 0.25) is 0 Å². The van der Waals surface area contributed by atoms with Crippen molar-refractivity contribution in [1.82, 2.24) is 0 Å². The zero-order valence-corrected chi connectivity index (χ0v) is 11.7. The van der Waals surface area contributed by atoms with E-state index in [1.165, 1.54) is 6.42 Å². The molecular weight excluding hydrogens is 247 g/mol. The van der Waals surface area contributed by atoms with Crippen molar-refractivity contribution in [2.24, 2.45) is 0 Å². The second-order valence-corrected chi connectivity index (χ2v) is 6.95. The predicted octanol–water partition coefficient (Wildman–Crippen LogP) is 4.15. The molecule has 1 atom stereocenters. The summed E-state index contributed by atoms with van der Waals surface area (Å²) in [4.78, 5) is 10.1. The van der Waals surface area contributed by atoms with Crippen molar-refractivity contribution in [3.63, 3.8) is 0 Å². The number of hydrogen-bond acceptors (Lipinski definition) is 2. The van der Waals surface area contributed by atoms with Crippen LogP contribution in [-0.4, -0.2) is 10.6 Å². The van der Waals surface area contributed by atoms with Crippen LogP contribution in [0.4, 0.5) is 0 Å². The van der Waals surface area contributed by atoms with Crippen molar-refractivity contribution >= 4 is 7.60 Å². The highest BCUT2D eigenvalue weighted by Gasteiger charge is 2.35. The molecule has 1 fully saturated rings. The maximum atomic E-state index is 12.3. The topological polar surface area (TPSA) is 46.5 Å². The van der Waals surface area contributed by atoms with Crippen molar-refractivity contribution in [1.29, 1.82) is 0 Å². The fraction of sp³-hybridized carbons (Fsp3) is 0.571. The molecule has 1 N–H and O–H groups in total. The van der Waals surface area contributed by atoms with Gasteiger partial charge in [0.15, 0.2) is 0 Å². The molecule has 0 heterocycles. The molecule has 0 aliphatic heterocycles. The van der Waals surface area contributed by atoms with Gasteiger partial charge in [-0.05, 0) is 30.9 Å². The smallest absolute Gasteiger partial charge is 0.379 e. The molecule has 0 bridgehead atoms. The summed E-state index contributed by atoms with van der Waals surface area (Å²) < 4.78 is 17.8. The molecule has 1 aliphatic carbocycles. The zero-order chi connectivity index (χ0) is 13.0. The Morgan fingerprint density at radius 1 is 1.28 bits per heavy atom. The van der Waals surface area contributed by atoms with E-state index in [1.807, 2.05) is 25.1 Å². The third-order valence-electron chi connectivity index (χ3n) is 3.62. The molecule has 0 saturated heterocycles. The van der Waals surface area contributed by atoms with Gasteiger partial charge in [0.25, 0.3) is 0 Å². The predicted molar refractivity (Wildman–Crippen MR) is 73.1 cm³/mol. The second kappa shape index (κ2) is 5.90. The number of hydrogen-bond donors (Lipinski definition) is 1. The molecule has 2 rings (SSSR count). The molecule has 100 valence electrons. The first kappa shape index (κ1) is 13.6. The Labute approximate surface area is 109 Å². The van der Waals surface area contributed by atoms with Crippen LogP contribution in [-0.2, 0) is 11.0 Å². The van der Waals surface area contributed by atoms with Gasteiger partial charge >= 0.3 is 7.60 Å². The maximum Gasteiger partial charge on any atom is 0.379 e. The molecule has 0 aromatic heterocycles. The van der Waals surface area contributed by atoms with Gasteiger partial charge in [-0.15, -0.1) is 0 Å². The molecule has 4 heteroatoms. The number of rotatable bonds is 4. The van der Waals surface area contributed by atoms with Gasteiger partial charge in [-0.1, -0.05) is 44.4 Å². The van der Waals surface area contributed by atoms with E-state index >= 15 is 0 Å². The van der Waals surface area contributed by atoms with Crippen molar-refractivity contribution in [2.75, 3.05) is 0 Å². The molecule has 18 heavy (non-hydrogen) atoms. The van der Waals surface area contributed by atoms with E-state index in [1.54, 1.807) is 6.07 Å². The first-order valence-electron chi connectivity index (χ1n) is 6.73. The standard InChI is InChI=1S/C14H21O3P/c1-2-12-8-6-7-11-14(12)17-18(15,16)13-9-4-3-5-10-13/h6-8,11,13H,2-5,9-10H2,1H3,(H,15,16). The lowest BCUT2D eigenvalue weighted by molar-refractivity contribution is 0.342. The minimum Gasteiger partial charge on any atom is -0.424 e. The Morgan fingerprint density at radius 3 is 2.61 bits per heavy atom. The molecule has 1 aromatic carbocycles. The van der Waals surface area contributed by atoms with Crippen LogP contribution in [0.5, 0.6) is 5.75 Å². The van der Waals surface area contributed by atoms with E-state index in [0.29, 0.717) is 5.75 Å². The summed E-state index contributed by atoms with van der Waals surface area (Å²) in [5.41, 5.74) is 0.804. The lowest BCUT2D eigenvalue weighted by Crippen LogP contribution is -2.16. The SMILES string of the molecule is CCc1ccccc1OP(=O)(O)C1CCCCC1. The summed E-state index contributed by atoms with van der Waals surface area (Å²) in [5, 5.41) is 0. The third-order valence-corrected chi connectivity index (χ3v) is 5.52. The third kappa shape index (κ3) is 3.15. The zero-order valence-electron chi connectivity index (χ0n) is 10.8. The highest BCUT2D eigenvalue weighted by molar-refractivity contribution is 7.54. The van der Waals surface area contributed by atoms with Crippen LogP contribution in [0.1, 0.15) is 44.6 Å². The first-order chi connectivity index (χ1) is 8.63. The van der Waals surface area contributed by atoms with Gasteiger partial charge in [-0.3, -0.25) is 0 Å². The van der Waals surface area contributed by atoms with Gasteiger partial charge < -0.3 is 9.42 Å². The van der Waals surface area contributed by atoms with E-state index in [0.717, 1.165) is 37.7 Å². The van der Waals surface area contributed by atoms with E-state index in [4.69, 9.17) is 4.52 Å². The summed E-state index contributed by atoms with van der Waals surface area (Å²) >= 11 is 0. The second-order valence-electron chi connectivity index (χ2n) is 4.91. The van der Waals surface area contributed by atoms with Gasteiger partial charge in [0, 0.05) is 0 Å². The molecular formula is C14H21O3P. The molecule has 0 amide bonds. The molecule has 0 radical (unpaired) electrons. The van der Waals surface area contributed by atoms with Crippen LogP contribution in [0, 0.1) is 0 Å². The lowest BCUT2D eigenvalue weighted by atomic mass is 10.0.